The fourth-order valence-electron chi connectivity index (χ4n) is 0.259. The van der Waals surface area contributed by atoms with E-state index in [0.29, 0.717) is 0 Å². The van der Waals surface area contributed by atoms with Gasteiger partial charge in [-0.25, -0.2) is 0 Å². The topological polar surface area (TPSA) is 37.3 Å². The Kier molecular flexibility index (Phi) is 5.26. The maximum atomic E-state index is 8.36. The lowest BCUT2D eigenvalue weighted by molar-refractivity contribution is -0.122. The first kappa shape index (κ1) is 8.46. The summed E-state index contributed by atoms with van der Waals surface area (Å²) in [5.41, 5.74) is 0. The molecule has 1 aromatic heterocycles. The standard InChI is InChI=1S/C4H3ClS.CH2O2/c5-4-2-1-3-6-4;2-1-3/h1-3H;1H,(H,2,3). The number of thiophene rings is 1. The molecule has 9 heavy (non-hydrogen) atoms. The van der Waals surface area contributed by atoms with Crippen molar-refractivity contribution in [3.63, 3.8) is 0 Å². The van der Waals surface area contributed by atoms with E-state index >= 15 is 0 Å². The van der Waals surface area contributed by atoms with E-state index in [4.69, 9.17) is 21.5 Å². The van der Waals surface area contributed by atoms with Gasteiger partial charge in [-0.2, -0.15) is 0 Å². The maximum absolute atomic E-state index is 8.36. The van der Waals surface area contributed by atoms with Gasteiger partial charge in [0.1, 0.15) is 0 Å². The van der Waals surface area contributed by atoms with Crippen LogP contribution in [0, 0.1) is 0 Å². The molecule has 0 bridgehead atoms. The molecule has 0 atom stereocenters. The van der Waals surface area contributed by atoms with Crippen LogP contribution in [0.2, 0.25) is 4.34 Å². The number of halogens is 1. The Labute approximate surface area is 61.7 Å². The van der Waals surface area contributed by atoms with Crippen molar-refractivity contribution in [3.05, 3.63) is 21.8 Å². The van der Waals surface area contributed by atoms with E-state index in [1.165, 1.54) is 0 Å². The first-order valence-electron chi connectivity index (χ1n) is 2.08. The van der Waals surface area contributed by atoms with Crippen LogP contribution < -0.4 is 0 Å². The van der Waals surface area contributed by atoms with Crippen LogP contribution in [0.25, 0.3) is 0 Å². The lowest BCUT2D eigenvalue weighted by Gasteiger charge is -1.62. The lowest BCUT2D eigenvalue weighted by atomic mass is 10.7. The Hall–Kier alpha value is -0.540. The van der Waals surface area contributed by atoms with Crippen molar-refractivity contribution < 1.29 is 9.90 Å². The Bertz CT molecular complexity index is 150. The minimum absolute atomic E-state index is 0.250. The summed E-state index contributed by atoms with van der Waals surface area (Å²) in [7, 11) is 0. The third kappa shape index (κ3) is 5.33. The highest BCUT2D eigenvalue weighted by molar-refractivity contribution is 7.14. The van der Waals surface area contributed by atoms with Crippen LogP contribution in [0.5, 0.6) is 0 Å². The van der Waals surface area contributed by atoms with Crippen molar-refractivity contribution in [1.82, 2.24) is 0 Å². The highest BCUT2D eigenvalue weighted by Crippen LogP contribution is 2.13. The molecule has 0 aromatic carbocycles. The van der Waals surface area contributed by atoms with Gasteiger partial charge in [0.05, 0.1) is 4.34 Å². The van der Waals surface area contributed by atoms with Gasteiger partial charge in [0, 0.05) is 0 Å². The summed E-state index contributed by atoms with van der Waals surface area (Å²) in [6.07, 6.45) is 0. The second-order valence-corrected chi connectivity index (χ2v) is 2.60. The van der Waals surface area contributed by atoms with Crippen molar-refractivity contribution >= 4 is 29.4 Å². The fraction of sp³-hybridized carbons (Fsp3) is 0. The quantitative estimate of drug-likeness (QED) is 0.597. The average molecular weight is 165 g/mol. The van der Waals surface area contributed by atoms with Gasteiger partial charge in [-0.05, 0) is 17.5 Å². The molecule has 0 saturated heterocycles. The molecule has 0 unspecified atom stereocenters. The molecule has 1 rings (SSSR count). The zero-order valence-electron chi connectivity index (χ0n) is 4.45. The molecule has 0 saturated carbocycles. The van der Waals surface area contributed by atoms with Gasteiger partial charge < -0.3 is 5.11 Å². The number of carbonyl (C=O) groups is 1. The van der Waals surface area contributed by atoms with E-state index in [1.807, 2.05) is 17.5 Å². The molecular weight excluding hydrogens is 160 g/mol. The monoisotopic (exact) mass is 164 g/mol. The fourth-order valence-corrected chi connectivity index (χ4v) is 0.930. The van der Waals surface area contributed by atoms with Crippen LogP contribution in [-0.4, -0.2) is 11.6 Å². The molecule has 1 aromatic rings. The van der Waals surface area contributed by atoms with E-state index in [2.05, 4.69) is 0 Å². The van der Waals surface area contributed by atoms with Crippen molar-refractivity contribution in [2.45, 2.75) is 0 Å². The van der Waals surface area contributed by atoms with Crippen LogP contribution in [0.15, 0.2) is 17.5 Å². The first-order valence-corrected chi connectivity index (χ1v) is 3.34. The summed E-state index contributed by atoms with van der Waals surface area (Å²) in [6.45, 7) is -0.250. The minimum atomic E-state index is -0.250. The highest BCUT2D eigenvalue weighted by Gasteiger charge is 1.77. The smallest absolute Gasteiger partial charge is 0.290 e. The van der Waals surface area contributed by atoms with Crippen molar-refractivity contribution in [2.24, 2.45) is 0 Å². The Balaban J connectivity index is 0.000000187. The second kappa shape index (κ2) is 5.59. The van der Waals surface area contributed by atoms with E-state index in [0.717, 1.165) is 4.34 Å². The normalized spacial score (nSPS) is 7.22. The van der Waals surface area contributed by atoms with Gasteiger partial charge in [-0.1, -0.05) is 11.6 Å². The number of hydrogen-bond acceptors (Lipinski definition) is 2. The molecule has 2 nitrogen and oxygen atoms in total. The molecule has 0 amide bonds. The van der Waals surface area contributed by atoms with Gasteiger partial charge in [0.25, 0.3) is 6.47 Å². The molecule has 0 fully saturated rings. The summed E-state index contributed by atoms with van der Waals surface area (Å²) < 4.78 is 0.856. The van der Waals surface area contributed by atoms with Crippen LogP contribution in [-0.2, 0) is 4.79 Å². The third-order valence-corrected chi connectivity index (χ3v) is 1.53. The maximum Gasteiger partial charge on any atom is 0.290 e. The van der Waals surface area contributed by atoms with Crippen LogP contribution in [0.3, 0.4) is 0 Å². The number of rotatable bonds is 0. The SMILES string of the molecule is Clc1cccs1.O=CO. The molecule has 0 radical (unpaired) electrons. The molecule has 0 aliphatic rings. The molecule has 1 N–H and O–H groups in total. The molecule has 0 spiro atoms. The predicted octanol–water partition coefficient (Wildman–Crippen LogP) is 2.10. The van der Waals surface area contributed by atoms with E-state index < -0.39 is 0 Å². The third-order valence-electron chi connectivity index (χ3n) is 0.486. The Morgan fingerprint density at radius 2 is 2.33 bits per heavy atom. The molecule has 50 valence electrons. The molecule has 0 aliphatic carbocycles. The van der Waals surface area contributed by atoms with E-state index in [1.54, 1.807) is 11.3 Å². The van der Waals surface area contributed by atoms with Crippen molar-refractivity contribution in [2.75, 3.05) is 0 Å². The summed E-state index contributed by atoms with van der Waals surface area (Å²) in [4.78, 5) is 8.36. The predicted molar refractivity (Wildman–Crippen MR) is 38.0 cm³/mol. The number of hydrogen-bond donors (Lipinski definition) is 1. The molecule has 1 heterocycles. The van der Waals surface area contributed by atoms with Gasteiger partial charge in [0.2, 0.25) is 0 Å². The highest BCUT2D eigenvalue weighted by atomic mass is 35.5. The largest absolute Gasteiger partial charge is 0.483 e. The second-order valence-electron chi connectivity index (χ2n) is 1.02. The van der Waals surface area contributed by atoms with Gasteiger partial charge in [-0.3, -0.25) is 4.79 Å². The van der Waals surface area contributed by atoms with Crippen LogP contribution >= 0.6 is 22.9 Å². The van der Waals surface area contributed by atoms with Gasteiger partial charge in [-0.15, -0.1) is 11.3 Å². The molecular formula is C5H5ClO2S. The number of carboxylic acid groups (broad SMARTS) is 1. The average Bonchev–Trinajstić information content (AvgIpc) is 2.20. The zero-order valence-corrected chi connectivity index (χ0v) is 6.02. The van der Waals surface area contributed by atoms with Crippen LogP contribution in [0.4, 0.5) is 0 Å². The van der Waals surface area contributed by atoms with Crippen LogP contribution in [0.1, 0.15) is 0 Å². The zero-order chi connectivity index (χ0) is 7.11. The summed E-state index contributed by atoms with van der Waals surface area (Å²) >= 11 is 7.02. The summed E-state index contributed by atoms with van der Waals surface area (Å²) in [5, 5.41) is 8.84. The Morgan fingerprint density at radius 3 is 2.44 bits per heavy atom. The summed E-state index contributed by atoms with van der Waals surface area (Å²) in [5.74, 6) is 0. The molecule has 0 aliphatic heterocycles. The van der Waals surface area contributed by atoms with Gasteiger partial charge >= 0.3 is 0 Å². The summed E-state index contributed by atoms with van der Waals surface area (Å²) in [6, 6.07) is 3.79. The van der Waals surface area contributed by atoms with Crippen molar-refractivity contribution in [3.8, 4) is 0 Å². The van der Waals surface area contributed by atoms with Crippen molar-refractivity contribution in [1.29, 1.82) is 0 Å². The first-order chi connectivity index (χ1) is 4.31. The van der Waals surface area contributed by atoms with E-state index in [9.17, 15) is 0 Å². The Morgan fingerprint density at radius 1 is 1.78 bits per heavy atom. The lowest BCUT2D eigenvalue weighted by Crippen LogP contribution is -1.49. The van der Waals surface area contributed by atoms with Gasteiger partial charge in [0.15, 0.2) is 0 Å². The molecule has 4 heteroatoms. The van der Waals surface area contributed by atoms with E-state index in [-0.39, 0.29) is 6.47 Å². The minimum Gasteiger partial charge on any atom is -0.483 e.